The van der Waals surface area contributed by atoms with E-state index in [0.29, 0.717) is 46.4 Å². The van der Waals surface area contributed by atoms with Crippen LogP contribution in [0.4, 0.5) is 10.2 Å². The first-order valence-electron chi connectivity index (χ1n) is 14.1. The fraction of sp³-hybridized carbons (Fsp3) is 0.344. The van der Waals surface area contributed by atoms with Gasteiger partial charge in [-0.1, -0.05) is 6.07 Å². The van der Waals surface area contributed by atoms with Gasteiger partial charge >= 0.3 is 0 Å². The van der Waals surface area contributed by atoms with Gasteiger partial charge in [-0.3, -0.25) is 9.69 Å². The fourth-order valence-electron chi connectivity index (χ4n) is 5.35. The number of methoxy groups -OCH3 is 1. The molecule has 10 heteroatoms. The van der Waals surface area contributed by atoms with E-state index in [0.717, 1.165) is 35.2 Å². The van der Waals surface area contributed by atoms with Crippen LogP contribution in [-0.4, -0.2) is 44.9 Å². The summed E-state index contributed by atoms with van der Waals surface area (Å²) in [4.78, 5) is 20.2. The molecule has 1 saturated carbocycles. The summed E-state index contributed by atoms with van der Waals surface area (Å²) in [5, 5.41) is 21.2. The van der Waals surface area contributed by atoms with Crippen LogP contribution in [0.5, 0.6) is 0 Å². The van der Waals surface area contributed by atoms with Gasteiger partial charge in [0, 0.05) is 56.5 Å². The summed E-state index contributed by atoms with van der Waals surface area (Å²) < 4.78 is 22.5. The van der Waals surface area contributed by atoms with Crippen molar-refractivity contribution >= 4 is 11.7 Å². The zero-order valence-corrected chi connectivity index (χ0v) is 24.1. The second kappa shape index (κ2) is 11.1. The van der Waals surface area contributed by atoms with Gasteiger partial charge < -0.3 is 14.6 Å². The topological polar surface area (TPSA) is 109 Å². The minimum Gasteiger partial charge on any atom is -0.380 e. The van der Waals surface area contributed by atoms with Crippen molar-refractivity contribution in [2.75, 3.05) is 12.0 Å². The number of carbonyl (C=O) groups is 1. The second-order valence-electron chi connectivity index (χ2n) is 11.2. The Morgan fingerprint density at radius 3 is 2.67 bits per heavy atom. The number of ether oxygens (including phenoxy) is 1. The van der Waals surface area contributed by atoms with E-state index in [1.807, 2.05) is 39.1 Å². The number of anilines is 1. The monoisotopic (exact) mass is 567 g/mol. The molecule has 1 N–H and O–H groups in total. The minimum absolute atomic E-state index is 0. The maximum Gasteiger partial charge on any atom is 0.260 e. The van der Waals surface area contributed by atoms with Gasteiger partial charge in [-0.2, -0.15) is 5.26 Å². The van der Waals surface area contributed by atoms with Gasteiger partial charge in [-0.25, -0.2) is 9.37 Å². The molecule has 1 fully saturated rings. The highest BCUT2D eigenvalue weighted by atomic mass is 19.1. The van der Waals surface area contributed by atoms with Gasteiger partial charge in [0.1, 0.15) is 18.0 Å². The van der Waals surface area contributed by atoms with E-state index in [1.165, 1.54) is 6.07 Å². The summed E-state index contributed by atoms with van der Waals surface area (Å²) in [5.41, 5.74) is 5.28. The first-order chi connectivity index (χ1) is 20.3. The van der Waals surface area contributed by atoms with Crippen LogP contribution in [0.3, 0.4) is 0 Å². The Bertz CT molecular complexity index is 1730. The summed E-state index contributed by atoms with van der Waals surface area (Å²) in [5.74, 6) is 0.735. The Labute approximate surface area is 245 Å². The SMILES string of the molecule is CO[C@H](C)[C@@H](C)NCc1cc(F)c2c(c1)C(=O)N(c1cc(-c3ccc(C#N)cc3-c3nncn3C)cc(C3CC3)n1)C2.[HH]. The molecule has 2 aromatic heterocycles. The first kappa shape index (κ1) is 27.7. The maximum absolute atomic E-state index is 15.4. The van der Waals surface area contributed by atoms with Gasteiger partial charge in [0.2, 0.25) is 0 Å². The van der Waals surface area contributed by atoms with Gasteiger partial charge in [-0.05, 0) is 79.8 Å². The average Bonchev–Trinajstić information content (AvgIpc) is 3.69. The number of hydrogen-bond donors (Lipinski definition) is 1. The van der Waals surface area contributed by atoms with Crippen LogP contribution in [0, 0.1) is 17.1 Å². The number of nitrogens with one attached hydrogen (secondary N) is 1. The van der Waals surface area contributed by atoms with Crippen LogP contribution in [0.25, 0.3) is 22.5 Å². The van der Waals surface area contributed by atoms with E-state index < -0.39 is 5.82 Å². The molecule has 2 aliphatic rings. The quantitative estimate of drug-likeness (QED) is 0.290. The Balaban J connectivity index is 0.00000368. The molecule has 0 unspecified atom stereocenters. The molecule has 0 bridgehead atoms. The Morgan fingerprint density at radius 2 is 1.98 bits per heavy atom. The molecule has 2 aromatic carbocycles. The van der Waals surface area contributed by atoms with Crippen molar-refractivity contribution in [1.82, 2.24) is 25.1 Å². The van der Waals surface area contributed by atoms with Crippen LogP contribution < -0.4 is 10.2 Å². The van der Waals surface area contributed by atoms with Crippen molar-refractivity contribution in [1.29, 1.82) is 5.26 Å². The predicted molar refractivity (Wildman–Crippen MR) is 158 cm³/mol. The highest BCUT2D eigenvalue weighted by molar-refractivity contribution is 6.10. The molecular weight excluding hydrogens is 533 g/mol. The standard InChI is InChI=1S/C32H32FN7O2.H2/c1-18(19(2)42-4)35-15-21-10-26-27(28(33)11-21)16-40(32(26)41)30-13-23(12-29(37-30)22-6-7-22)24-8-5-20(14-34)9-25(24)31-38-36-17-39(31)3;/h5,8-13,17-19,22,35H,6-7,15-16H2,1-4H3;1H/t18-,19-;/m1./s1. The van der Waals surface area contributed by atoms with Gasteiger partial charge in [0.25, 0.3) is 5.91 Å². The van der Waals surface area contributed by atoms with Crippen LogP contribution in [0.2, 0.25) is 0 Å². The predicted octanol–water partition coefficient (Wildman–Crippen LogP) is 5.35. The smallest absolute Gasteiger partial charge is 0.260 e. The van der Waals surface area contributed by atoms with Crippen LogP contribution in [-0.2, 0) is 24.9 Å². The van der Waals surface area contributed by atoms with Crippen molar-refractivity contribution in [3.63, 3.8) is 0 Å². The summed E-state index contributed by atoms with van der Waals surface area (Å²) in [6.07, 6.45) is 3.66. The number of benzene rings is 2. The van der Waals surface area contributed by atoms with Gasteiger partial charge in [-0.15, -0.1) is 10.2 Å². The molecule has 42 heavy (non-hydrogen) atoms. The first-order valence-corrected chi connectivity index (χ1v) is 14.1. The van der Waals surface area contributed by atoms with Crippen LogP contribution >= 0.6 is 0 Å². The second-order valence-corrected chi connectivity index (χ2v) is 11.2. The Hall–Kier alpha value is -4.46. The van der Waals surface area contributed by atoms with E-state index in [4.69, 9.17) is 9.72 Å². The molecule has 1 aliphatic carbocycles. The molecule has 1 aliphatic heterocycles. The van der Waals surface area contributed by atoms with Crippen molar-refractivity contribution in [3.05, 3.63) is 82.6 Å². The molecule has 3 heterocycles. The number of aromatic nitrogens is 4. The minimum atomic E-state index is -0.400. The lowest BCUT2D eigenvalue weighted by atomic mass is 9.96. The third-order valence-electron chi connectivity index (χ3n) is 8.27. The number of hydrogen-bond acceptors (Lipinski definition) is 7. The number of aryl methyl sites for hydroxylation is 1. The third kappa shape index (κ3) is 5.17. The molecular formula is C32H34FN7O2. The lowest BCUT2D eigenvalue weighted by Gasteiger charge is -2.20. The third-order valence-corrected chi connectivity index (χ3v) is 8.27. The zero-order valence-electron chi connectivity index (χ0n) is 24.1. The number of nitriles is 1. The van der Waals surface area contributed by atoms with Gasteiger partial charge in [0.05, 0.1) is 24.3 Å². The lowest BCUT2D eigenvalue weighted by molar-refractivity contribution is 0.0882. The zero-order chi connectivity index (χ0) is 29.5. The molecule has 0 saturated heterocycles. The number of amides is 1. The van der Waals surface area contributed by atoms with Crippen molar-refractivity contribution in [3.8, 4) is 28.6 Å². The normalized spacial score (nSPS) is 15.9. The Kier molecular flexibility index (Phi) is 7.31. The Morgan fingerprint density at radius 1 is 1.17 bits per heavy atom. The summed E-state index contributed by atoms with van der Waals surface area (Å²) >= 11 is 0. The number of pyridine rings is 1. The summed E-state index contributed by atoms with van der Waals surface area (Å²) in [6.45, 7) is 4.49. The number of fused-ring (bicyclic) bond motifs is 1. The summed E-state index contributed by atoms with van der Waals surface area (Å²) in [7, 11) is 3.50. The molecule has 0 radical (unpaired) electrons. The van der Waals surface area contributed by atoms with Crippen LogP contribution in [0.15, 0.2) is 48.8 Å². The van der Waals surface area contributed by atoms with E-state index >= 15 is 4.39 Å². The molecule has 6 rings (SSSR count). The average molecular weight is 568 g/mol. The lowest BCUT2D eigenvalue weighted by Crippen LogP contribution is -2.36. The van der Waals surface area contributed by atoms with Crippen molar-refractivity contribution in [2.45, 2.75) is 57.8 Å². The van der Waals surface area contributed by atoms with E-state index in [2.05, 4.69) is 21.6 Å². The number of carbonyl (C=O) groups excluding carboxylic acids is 1. The molecule has 216 valence electrons. The molecule has 1 amide bonds. The number of halogens is 1. The number of nitrogens with zero attached hydrogens (tertiary/aromatic N) is 6. The largest absolute Gasteiger partial charge is 0.380 e. The van der Waals surface area contributed by atoms with Crippen LogP contribution in [0.1, 0.15) is 66.8 Å². The summed E-state index contributed by atoms with van der Waals surface area (Å²) in [6, 6.07) is 14.9. The molecule has 4 aromatic rings. The fourth-order valence-corrected chi connectivity index (χ4v) is 5.35. The van der Waals surface area contributed by atoms with Crippen molar-refractivity contribution < 1.29 is 15.3 Å². The highest BCUT2D eigenvalue weighted by Gasteiger charge is 2.34. The van der Waals surface area contributed by atoms with E-state index in [1.54, 1.807) is 41.1 Å². The van der Waals surface area contributed by atoms with Crippen molar-refractivity contribution in [2.24, 2.45) is 7.05 Å². The van der Waals surface area contributed by atoms with Gasteiger partial charge in [0.15, 0.2) is 5.82 Å². The molecule has 2 atom stereocenters. The molecule has 0 spiro atoms. The number of rotatable bonds is 9. The molecule has 9 nitrogen and oxygen atoms in total. The maximum atomic E-state index is 15.4. The van der Waals surface area contributed by atoms with E-state index in [9.17, 15) is 10.1 Å². The van der Waals surface area contributed by atoms with E-state index in [-0.39, 0.29) is 26.0 Å². The highest BCUT2D eigenvalue weighted by Crippen LogP contribution is 2.43.